The van der Waals surface area contributed by atoms with Gasteiger partial charge in [0.1, 0.15) is 17.5 Å². The average Bonchev–Trinajstić information content (AvgIpc) is 3.27. The molecule has 4 aromatic rings. The van der Waals surface area contributed by atoms with Crippen molar-refractivity contribution in [1.82, 2.24) is 14.9 Å². The monoisotopic (exact) mass is 459 g/mol. The molecular weight excluding hydrogens is 428 g/mol. The molecule has 0 aliphatic carbocycles. The van der Waals surface area contributed by atoms with Crippen molar-refractivity contribution in [1.29, 1.82) is 0 Å². The summed E-state index contributed by atoms with van der Waals surface area (Å²) in [6, 6.07) is 21.7. The summed E-state index contributed by atoms with van der Waals surface area (Å²) in [6.45, 7) is 3.28. The summed E-state index contributed by atoms with van der Waals surface area (Å²) in [5.74, 6) is 1.45. The van der Waals surface area contributed by atoms with Gasteiger partial charge in [0.05, 0.1) is 11.0 Å². The van der Waals surface area contributed by atoms with Crippen LogP contribution in [0.25, 0.3) is 11.0 Å². The van der Waals surface area contributed by atoms with Crippen LogP contribution in [0.4, 0.5) is 8.78 Å². The van der Waals surface area contributed by atoms with Crippen molar-refractivity contribution in [2.24, 2.45) is 5.92 Å². The van der Waals surface area contributed by atoms with Crippen LogP contribution >= 0.6 is 0 Å². The number of imidazole rings is 1. The second-order valence-electron chi connectivity index (χ2n) is 9.49. The summed E-state index contributed by atoms with van der Waals surface area (Å²) in [5.41, 5.74) is 4.33. The highest BCUT2D eigenvalue weighted by Gasteiger charge is 2.21. The normalized spacial score (nSPS) is 15.4. The van der Waals surface area contributed by atoms with Crippen LogP contribution in [-0.4, -0.2) is 34.5 Å². The standard InChI is InChI=1S/C29H31F2N3/c30-24-11-7-22(8-12-24)26(23-9-13-25(31)14-10-23)4-3-17-34-18-15-21(16-19-34)20-29-32-27-5-1-2-6-28(27)33-29/h1-2,5-14,21,26H,3-4,15-20H2,(H,32,33). The molecule has 1 N–H and O–H groups in total. The van der Waals surface area contributed by atoms with Crippen molar-refractivity contribution in [3.63, 3.8) is 0 Å². The Labute approximate surface area is 199 Å². The lowest BCUT2D eigenvalue weighted by molar-refractivity contribution is 0.180. The lowest BCUT2D eigenvalue weighted by atomic mass is 9.87. The van der Waals surface area contributed by atoms with Gasteiger partial charge in [-0.15, -0.1) is 0 Å². The number of halogens is 2. The summed E-state index contributed by atoms with van der Waals surface area (Å²) in [6.07, 6.45) is 5.40. The van der Waals surface area contributed by atoms with E-state index in [1.807, 2.05) is 36.4 Å². The third-order valence-electron chi connectivity index (χ3n) is 7.14. The molecule has 34 heavy (non-hydrogen) atoms. The number of aromatic nitrogens is 2. The maximum Gasteiger partial charge on any atom is 0.123 e. The quantitative estimate of drug-likeness (QED) is 0.318. The van der Waals surface area contributed by atoms with Gasteiger partial charge in [-0.2, -0.15) is 0 Å². The zero-order valence-corrected chi connectivity index (χ0v) is 19.4. The average molecular weight is 460 g/mol. The Morgan fingerprint density at radius 3 is 2.09 bits per heavy atom. The minimum absolute atomic E-state index is 0.145. The molecule has 0 saturated carbocycles. The molecule has 2 heterocycles. The van der Waals surface area contributed by atoms with E-state index in [9.17, 15) is 8.78 Å². The lowest BCUT2D eigenvalue weighted by Gasteiger charge is -2.32. The third-order valence-corrected chi connectivity index (χ3v) is 7.14. The first-order valence-electron chi connectivity index (χ1n) is 12.3. The van der Waals surface area contributed by atoms with Crippen molar-refractivity contribution in [2.75, 3.05) is 19.6 Å². The predicted molar refractivity (Wildman–Crippen MR) is 133 cm³/mol. The maximum atomic E-state index is 13.5. The van der Waals surface area contributed by atoms with Gasteiger partial charge in [-0.3, -0.25) is 0 Å². The van der Waals surface area contributed by atoms with Gasteiger partial charge in [0.15, 0.2) is 0 Å². The summed E-state index contributed by atoms with van der Waals surface area (Å²) in [5, 5.41) is 0. The summed E-state index contributed by atoms with van der Waals surface area (Å²) in [4.78, 5) is 10.8. The first-order chi connectivity index (χ1) is 16.6. The number of benzene rings is 3. The molecule has 1 saturated heterocycles. The first kappa shape index (κ1) is 22.7. The van der Waals surface area contributed by atoms with Crippen LogP contribution in [0.15, 0.2) is 72.8 Å². The fourth-order valence-electron chi connectivity index (χ4n) is 5.22. The van der Waals surface area contributed by atoms with E-state index in [1.165, 1.54) is 37.1 Å². The third kappa shape index (κ3) is 5.53. The Balaban J connectivity index is 1.13. The largest absolute Gasteiger partial charge is 0.342 e. The van der Waals surface area contributed by atoms with E-state index in [0.29, 0.717) is 5.92 Å². The van der Waals surface area contributed by atoms with Crippen molar-refractivity contribution >= 4 is 11.0 Å². The van der Waals surface area contributed by atoms with Gasteiger partial charge in [0, 0.05) is 12.3 Å². The van der Waals surface area contributed by atoms with E-state index in [0.717, 1.165) is 66.9 Å². The van der Waals surface area contributed by atoms with Crippen LogP contribution < -0.4 is 0 Å². The van der Waals surface area contributed by atoms with Gasteiger partial charge in [-0.25, -0.2) is 13.8 Å². The van der Waals surface area contributed by atoms with Crippen LogP contribution in [0, 0.1) is 17.6 Å². The molecule has 1 fully saturated rings. The Kier molecular flexibility index (Phi) is 7.00. The number of aromatic amines is 1. The van der Waals surface area contributed by atoms with Crippen molar-refractivity contribution in [3.8, 4) is 0 Å². The van der Waals surface area contributed by atoms with Crippen LogP contribution in [-0.2, 0) is 6.42 Å². The molecule has 1 aromatic heterocycles. The van der Waals surface area contributed by atoms with Crippen LogP contribution in [0.3, 0.4) is 0 Å². The molecule has 0 atom stereocenters. The number of piperidine rings is 1. The van der Waals surface area contributed by atoms with E-state index in [2.05, 4.69) is 22.0 Å². The van der Waals surface area contributed by atoms with Gasteiger partial charge >= 0.3 is 0 Å². The number of nitrogens with zero attached hydrogens (tertiary/aromatic N) is 2. The number of fused-ring (bicyclic) bond motifs is 1. The highest BCUT2D eigenvalue weighted by Crippen LogP contribution is 2.30. The molecule has 0 unspecified atom stereocenters. The zero-order chi connectivity index (χ0) is 23.3. The highest BCUT2D eigenvalue weighted by atomic mass is 19.1. The molecule has 1 aliphatic heterocycles. The molecule has 0 amide bonds. The fourth-order valence-corrected chi connectivity index (χ4v) is 5.22. The van der Waals surface area contributed by atoms with E-state index in [-0.39, 0.29) is 17.6 Å². The van der Waals surface area contributed by atoms with Crippen LogP contribution in [0.1, 0.15) is 48.6 Å². The van der Waals surface area contributed by atoms with Gasteiger partial charge in [-0.1, -0.05) is 36.4 Å². The molecule has 0 bridgehead atoms. The minimum atomic E-state index is -0.230. The number of rotatable bonds is 8. The first-order valence-corrected chi connectivity index (χ1v) is 12.3. The Bertz CT molecular complexity index is 1110. The molecule has 3 aromatic carbocycles. The van der Waals surface area contributed by atoms with Crippen LogP contribution in [0.2, 0.25) is 0 Å². The van der Waals surface area contributed by atoms with Crippen molar-refractivity contribution in [2.45, 2.75) is 38.0 Å². The number of likely N-dealkylation sites (tertiary alicyclic amines) is 1. The maximum absolute atomic E-state index is 13.5. The molecule has 0 radical (unpaired) electrons. The number of hydrogen-bond donors (Lipinski definition) is 1. The van der Waals surface area contributed by atoms with Gasteiger partial charge in [0.2, 0.25) is 0 Å². The topological polar surface area (TPSA) is 31.9 Å². The van der Waals surface area contributed by atoms with Gasteiger partial charge < -0.3 is 9.88 Å². The van der Waals surface area contributed by atoms with E-state index >= 15 is 0 Å². The number of nitrogens with one attached hydrogen (secondary N) is 1. The molecule has 3 nitrogen and oxygen atoms in total. The predicted octanol–water partition coefficient (Wildman–Crippen LogP) is 6.71. The van der Waals surface area contributed by atoms with Gasteiger partial charge in [0.25, 0.3) is 0 Å². The Morgan fingerprint density at radius 1 is 0.853 bits per heavy atom. The molecule has 0 spiro atoms. The lowest BCUT2D eigenvalue weighted by Crippen LogP contribution is -2.35. The fraction of sp³-hybridized carbons (Fsp3) is 0.345. The van der Waals surface area contributed by atoms with E-state index < -0.39 is 0 Å². The number of H-pyrrole nitrogens is 1. The second-order valence-corrected chi connectivity index (χ2v) is 9.49. The molecule has 5 heteroatoms. The molecular formula is C29H31F2N3. The highest BCUT2D eigenvalue weighted by molar-refractivity contribution is 5.74. The molecule has 5 rings (SSSR count). The Hall–Kier alpha value is -3.05. The van der Waals surface area contributed by atoms with Crippen LogP contribution in [0.5, 0.6) is 0 Å². The zero-order valence-electron chi connectivity index (χ0n) is 19.4. The SMILES string of the molecule is Fc1ccc(C(CCCN2CCC(Cc3nc4ccccc4[nH]3)CC2)c2ccc(F)cc2)cc1. The summed E-state index contributed by atoms with van der Waals surface area (Å²) >= 11 is 0. The van der Waals surface area contributed by atoms with Gasteiger partial charge in [-0.05, 0) is 98.8 Å². The molecule has 1 aliphatic rings. The summed E-state index contributed by atoms with van der Waals surface area (Å²) < 4.78 is 26.9. The number of hydrogen-bond acceptors (Lipinski definition) is 2. The second kappa shape index (κ2) is 10.5. The smallest absolute Gasteiger partial charge is 0.123 e. The van der Waals surface area contributed by atoms with E-state index in [4.69, 9.17) is 4.98 Å². The van der Waals surface area contributed by atoms with E-state index in [1.54, 1.807) is 0 Å². The van der Waals surface area contributed by atoms with Crippen molar-refractivity contribution in [3.05, 3.63) is 101 Å². The van der Waals surface area contributed by atoms with Crippen molar-refractivity contribution < 1.29 is 8.78 Å². The summed E-state index contributed by atoms with van der Waals surface area (Å²) in [7, 11) is 0. The molecule has 176 valence electrons. The minimum Gasteiger partial charge on any atom is -0.342 e. The Morgan fingerprint density at radius 2 is 1.47 bits per heavy atom. The number of para-hydroxylation sites is 2.